The lowest BCUT2D eigenvalue weighted by atomic mass is 10.2. The van der Waals surface area contributed by atoms with Gasteiger partial charge in [0.2, 0.25) is 10.0 Å². The second-order valence-corrected chi connectivity index (χ2v) is 7.28. The highest BCUT2D eigenvalue weighted by molar-refractivity contribution is 7.89. The summed E-state index contributed by atoms with van der Waals surface area (Å²) in [6, 6.07) is 0.344. The third-order valence-electron chi connectivity index (χ3n) is 3.89. The van der Waals surface area contributed by atoms with E-state index in [1.807, 2.05) is 0 Å². The smallest absolute Gasteiger partial charge is 0.214 e. The van der Waals surface area contributed by atoms with Crippen LogP contribution in [0.25, 0.3) is 0 Å². The van der Waals surface area contributed by atoms with Gasteiger partial charge in [-0.1, -0.05) is 0 Å². The summed E-state index contributed by atoms with van der Waals surface area (Å²) in [7, 11) is -3.14. The summed E-state index contributed by atoms with van der Waals surface area (Å²) in [6.45, 7) is 4.61. The molecule has 0 aliphatic carbocycles. The van der Waals surface area contributed by atoms with Crippen LogP contribution in [0.1, 0.15) is 19.3 Å². The van der Waals surface area contributed by atoms with E-state index >= 15 is 0 Å². The molecule has 1 N–H and O–H groups in total. The molecule has 6 nitrogen and oxygen atoms in total. The molecule has 2 aliphatic rings. The Labute approximate surface area is 115 Å². The van der Waals surface area contributed by atoms with Gasteiger partial charge in [-0.25, -0.2) is 12.7 Å². The number of rotatable bonds is 6. The molecule has 0 aromatic carbocycles. The second kappa shape index (κ2) is 6.99. The first-order chi connectivity index (χ1) is 9.13. The van der Waals surface area contributed by atoms with E-state index in [1.54, 1.807) is 4.31 Å². The third-order valence-corrected chi connectivity index (χ3v) is 5.81. The lowest BCUT2D eigenvalue weighted by molar-refractivity contribution is 0.0197. The number of ether oxygens (including phenoxy) is 1. The van der Waals surface area contributed by atoms with Crippen LogP contribution >= 0.6 is 0 Å². The Kier molecular flexibility index (Phi) is 5.58. The van der Waals surface area contributed by atoms with Crippen molar-refractivity contribution in [2.75, 3.05) is 51.8 Å². The Morgan fingerprint density at radius 1 is 1.16 bits per heavy atom. The van der Waals surface area contributed by atoms with Gasteiger partial charge in [-0.3, -0.25) is 4.90 Å². The first-order valence-electron chi connectivity index (χ1n) is 7.04. The van der Waals surface area contributed by atoms with Crippen LogP contribution in [-0.2, 0) is 14.8 Å². The number of hydrogen-bond acceptors (Lipinski definition) is 5. The van der Waals surface area contributed by atoms with Crippen LogP contribution in [0.2, 0.25) is 0 Å². The third kappa shape index (κ3) is 4.13. The van der Waals surface area contributed by atoms with E-state index in [2.05, 4.69) is 4.90 Å². The molecule has 0 aromatic heterocycles. The SMILES string of the molecule is O=S(=O)(CCCCO)N1CCC(N2CCOCC2)C1. The van der Waals surface area contributed by atoms with Crippen LogP contribution in [-0.4, -0.2) is 80.5 Å². The molecule has 2 fully saturated rings. The monoisotopic (exact) mass is 292 g/mol. The van der Waals surface area contributed by atoms with Crippen molar-refractivity contribution in [2.45, 2.75) is 25.3 Å². The molecule has 19 heavy (non-hydrogen) atoms. The normalized spacial score (nSPS) is 26.9. The van der Waals surface area contributed by atoms with E-state index in [-0.39, 0.29) is 12.4 Å². The van der Waals surface area contributed by atoms with Crippen molar-refractivity contribution in [3.05, 3.63) is 0 Å². The predicted molar refractivity (Wildman–Crippen MR) is 72.5 cm³/mol. The summed E-state index contributed by atoms with van der Waals surface area (Å²) >= 11 is 0. The van der Waals surface area contributed by atoms with Gasteiger partial charge in [-0.15, -0.1) is 0 Å². The summed E-state index contributed by atoms with van der Waals surface area (Å²) in [4.78, 5) is 2.34. The van der Waals surface area contributed by atoms with E-state index in [4.69, 9.17) is 9.84 Å². The summed E-state index contributed by atoms with van der Waals surface area (Å²) in [5.74, 6) is 0.156. The zero-order valence-corrected chi connectivity index (χ0v) is 12.1. The van der Waals surface area contributed by atoms with Crippen LogP contribution in [0, 0.1) is 0 Å². The van der Waals surface area contributed by atoms with E-state index in [0.29, 0.717) is 32.0 Å². The summed E-state index contributed by atoms with van der Waals surface area (Å²) in [5.41, 5.74) is 0. The number of aliphatic hydroxyl groups excluding tert-OH is 1. The van der Waals surface area contributed by atoms with Gasteiger partial charge in [0.05, 0.1) is 19.0 Å². The van der Waals surface area contributed by atoms with E-state index in [9.17, 15) is 8.42 Å². The summed E-state index contributed by atoms with van der Waals surface area (Å²) < 4.78 is 31.2. The minimum Gasteiger partial charge on any atom is -0.396 e. The first-order valence-corrected chi connectivity index (χ1v) is 8.65. The molecular formula is C12H24N2O4S. The molecule has 2 rings (SSSR count). The van der Waals surface area contributed by atoms with Gasteiger partial charge in [0.25, 0.3) is 0 Å². The Morgan fingerprint density at radius 2 is 1.89 bits per heavy atom. The highest BCUT2D eigenvalue weighted by Crippen LogP contribution is 2.20. The van der Waals surface area contributed by atoms with Crippen LogP contribution in [0.4, 0.5) is 0 Å². The van der Waals surface area contributed by atoms with Gasteiger partial charge in [0.1, 0.15) is 0 Å². The van der Waals surface area contributed by atoms with Crippen molar-refractivity contribution in [1.29, 1.82) is 0 Å². The lowest BCUT2D eigenvalue weighted by Gasteiger charge is -2.32. The van der Waals surface area contributed by atoms with Crippen LogP contribution in [0.5, 0.6) is 0 Å². The van der Waals surface area contributed by atoms with Gasteiger partial charge in [0.15, 0.2) is 0 Å². The fraction of sp³-hybridized carbons (Fsp3) is 1.00. The molecule has 0 aromatic rings. The molecule has 0 amide bonds. The molecule has 2 aliphatic heterocycles. The Morgan fingerprint density at radius 3 is 2.58 bits per heavy atom. The fourth-order valence-electron chi connectivity index (χ4n) is 2.73. The molecule has 1 atom stereocenters. The van der Waals surface area contributed by atoms with Crippen LogP contribution in [0.3, 0.4) is 0 Å². The molecule has 0 spiro atoms. The van der Waals surface area contributed by atoms with E-state index in [0.717, 1.165) is 32.7 Å². The van der Waals surface area contributed by atoms with Gasteiger partial charge in [0, 0.05) is 38.8 Å². The van der Waals surface area contributed by atoms with Gasteiger partial charge < -0.3 is 9.84 Å². The number of unbranched alkanes of at least 4 members (excludes halogenated alkanes) is 1. The van der Waals surface area contributed by atoms with Gasteiger partial charge in [-0.2, -0.15) is 0 Å². The zero-order valence-electron chi connectivity index (χ0n) is 11.3. The topological polar surface area (TPSA) is 70.1 Å². The summed E-state index contributed by atoms with van der Waals surface area (Å²) in [5, 5.41) is 8.71. The van der Waals surface area contributed by atoms with E-state index < -0.39 is 10.0 Å². The van der Waals surface area contributed by atoms with Crippen molar-refractivity contribution >= 4 is 10.0 Å². The molecule has 0 radical (unpaired) electrons. The summed E-state index contributed by atoms with van der Waals surface area (Å²) in [6.07, 6.45) is 2.01. The van der Waals surface area contributed by atoms with Crippen molar-refractivity contribution < 1.29 is 18.3 Å². The molecule has 1 unspecified atom stereocenters. The maximum Gasteiger partial charge on any atom is 0.214 e. The van der Waals surface area contributed by atoms with Crippen LogP contribution < -0.4 is 0 Å². The largest absolute Gasteiger partial charge is 0.396 e. The van der Waals surface area contributed by atoms with Crippen molar-refractivity contribution in [2.24, 2.45) is 0 Å². The second-order valence-electron chi connectivity index (χ2n) is 5.20. The average Bonchev–Trinajstić information content (AvgIpc) is 2.90. The average molecular weight is 292 g/mol. The van der Waals surface area contributed by atoms with Crippen molar-refractivity contribution in [3.8, 4) is 0 Å². The highest BCUT2D eigenvalue weighted by atomic mass is 32.2. The molecule has 112 valence electrons. The quantitative estimate of drug-likeness (QED) is 0.668. The fourth-order valence-corrected chi connectivity index (χ4v) is 4.34. The molecular weight excluding hydrogens is 268 g/mol. The molecule has 2 saturated heterocycles. The molecule has 0 bridgehead atoms. The van der Waals surface area contributed by atoms with Gasteiger partial charge >= 0.3 is 0 Å². The molecule has 7 heteroatoms. The molecule has 0 saturated carbocycles. The van der Waals surface area contributed by atoms with Gasteiger partial charge in [-0.05, 0) is 19.3 Å². The Balaban J connectivity index is 1.83. The first kappa shape index (κ1) is 15.2. The minimum atomic E-state index is -3.14. The Bertz CT molecular complexity index is 368. The number of nitrogens with zero attached hydrogens (tertiary/aromatic N) is 2. The standard InChI is InChI=1S/C12H24N2O4S/c15-7-1-2-10-19(16,17)14-4-3-12(11-14)13-5-8-18-9-6-13/h12,15H,1-11H2. The Hall–Kier alpha value is -0.210. The van der Waals surface area contributed by atoms with Crippen molar-refractivity contribution in [1.82, 2.24) is 9.21 Å². The zero-order chi connectivity index (χ0) is 13.7. The number of aliphatic hydroxyl groups is 1. The van der Waals surface area contributed by atoms with Crippen molar-refractivity contribution in [3.63, 3.8) is 0 Å². The number of sulfonamides is 1. The number of morpholine rings is 1. The van der Waals surface area contributed by atoms with Crippen LogP contribution in [0.15, 0.2) is 0 Å². The molecule has 2 heterocycles. The predicted octanol–water partition coefficient (Wildman–Crippen LogP) is -0.505. The maximum atomic E-state index is 12.1. The minimum absolute atomic E-state index is 0.0614. The maximum absolute atomic E-state index is 12.1. The number of hydrogen-bond donors (Lipinski definition) is 1. The van der Waals surface area contributed by atoms with E-state index in [1.165, 1.54) is 0 Å². The lowest BCUT2D eigenvalue weighted by Crippen LogP contribution is -2.45. The highest BCUT2D eigenvalue weighted by Gasteiger charge is 2.34.